The normalized spacial score (nSPS) is 11.2. The van der Waals surface area contributed by atoms with E-state index in [1.807, 2.05) is 0 Å². The summed E-state index contributed by atoms with van der Waals surface area (Å²) < 4.78 is 0. The van der Waals surface area contributed by atoms with Gasteiger partial charge in [0, 0.05) is 13.6 Å². The van der Waals surface area contributed by atoms with E-state index in [-0.39, 0.29) is 0 Å². The van der Waals surface area contributed by atoms with E-state index in [2.05, 4.69) is 59.7 Å². The van der Waals surface area contributed by atoms with E-state index in [0.29, 0.717) is 12.5 Å². The summed E-state index contributed by atoms with van der Waals surface area (Å²) in [5.74, 6) is 3.89. The number of hydrogen-bond acceptors (Lipinski definition) is 1. The summed E-state index contributed by atoms with van der Waals surface area (Å²) in [6, 6.07) is 8.89. The number of aliphatic imine (C=N–C) groups is 1. The molecule has 0 unspecified atom stereocenters. The van der Waals surface area contributed by atoms with Crippen LogP contribution in [-0.4, -0.2) is 26.1 Å². The number of benzene rings is 1. The molecule has 0 heterocycles. The van der Waals surface area contributed by atoms with Crippen molar-refractivity contribution < 1.29 is 0 Å². The number of guanidine groups is 1. The topological polar surface area (TPSA) is 36.4 Å². The van der Waals surface area contributed by atoms with Gasteiger partial charge >= 0.3 is 0 Å². The molecule has 0 saturated carbocycles. The minimum atomic E-state index is 0.496. The van der Waals surface area contributed by atoms with Crippen LogP contribution in [0.15, 0.2) is 29.3 Å². The Labute approximate surface area is 122 Å². The predicted molar refractivity (Wildman–Crippen MR) is 87.0 cm³/mol. The average molecular weight is 271 g/mol. The second-order valence-electron chi connectivity index (χ2n) is 5.06. The van der Waals surface area contributed by atoms with Gasteiger partial charge in [0.05, 0.1) is 6.54 Å². The largest absolute Gasteiger partial charge is 0.356 e. The van der Waals surface area contributed by atoms with E-state index in [9.17, 15) is 0 Å². The molecule has 0 fully saturated rings. The molecular formula is C17H25N3. The summed E-state index contributed by atoms with van der Waals surface area (Å²) in [5.41, 5.74) is 2.77. The number of nitrogens with zero attached hydrogens (tertiary/aromatic N) is 1. The first-order valence-corrected chi connectivity index (χ1v) is 7.14. The molecule has 2 N–H and O–H groups in total. The molecule has 1 aromatic rings. The van der Waals surface area contributed by atoms with E-state index in [4.69, 9.17) is 6.42 Å². The maximum atomic E-state index is 5.20. The molecule has 1 rings (SSSR count). The van der Waals surface area contributed by atoms with Gasteiger partial charge in [-0.05, 0) is 29.9 Å². The third-order valence-corrected chi connectivity index (χ3v) is 3.16. The van der Waals surface area contributed by atoms with E-state index >= 15 is 0 Å². The third kappa shape index (κ3) is 5.79. The molecule has 108 valence electrons. The van der Waals surface area contributed by atoms with Gasteiger partial charge in [-0.1, -0.05) is 44.0 Å². The smallest absolute Gasteiger partial charge is 0.191 e. The molecule has 0 amide bonds. The maximum absolute atomic E-state index is 5.20. The molecule has 0 radical (unpaired) electrons. The van der Waals surface area contributed by atoms with Crippen LogP contribution in [0.3, 0.4) is 0 Å². The van der Waals surface area contributed by atoms with Crippen molar-refractivity contribution >= 4 is 5.96 Å². The maximum Gasteiger partial charge on any atom is 0.191 e. The highest BCUT2D eigenvalue weighted by atomic mass is 15.2. The lowest BCUT2D eigenvalue weighted by Crippen LogP contribution is -2.37. The van der Waals surface area contributed by atoms with Crippen molar-refractivity contribution in [3.63, 3.8) is 0 Å². The van der Waals surface area contributed by atoms with Crippen LogP contribution in [0, 0.1) is 12.3 Å². The zero-order chi connectivity index (χ0) is 14.8. The van der Waals surface area contributed by atoms with Gasteiger partial charge in [0.15, 0.2) is 5.96 Å². The van der Waals surface area contributed by atoms with Crippen molar-refractivity contribution in [2.45, 2.75) is 32.6 Å². The van der Waals surface area contributed by atoms with Crippen molar-refractivity contribution in [1.82, 2.24) is 10.6 Å². The number of aryl methyl sites for hydroxylation is 1. The van der Waals surface area contributed by atoms with Crippen LogP contribution in [0.1, 0.15) is 37.3 Å². The van der Waals surface area contributed by atoms with Gasteiger partial charge in [-0.15, -0.1) is 6.42 Å². The summed E-state index contributed by atoms with van der Waals surface area (Å²) in [6.07, 6.45) is 7.33. The molecule has 1 aromatic carbocycles. The molecule has 0 bridgehead atoms. The van der Waals surface area contributed by atoms with Gasteiger partial charge in [-0.3, -0.25) is 4.99 Å². The number of terminal acetylenes is 1. The fourth-order valence-corrected chi connectivity index (χ4v) is 1.92. The SMILES string of the molecule is C#CCNC(=NC)NCCCc1ccc(C(C)C)cc1. The summed E-state index contributed by atoms with van der Waals surface area (Å²) in [5, 5.41) is 6.29. The fourth-order valence-electron chi connectivity index (χ4n) is 1.92. The Hall–Kier alpha value is -1.95. The van der Waals surface area contributed by atoms with Gasteiger partial charge < -0.3 is 10.6 Å². The lowest BCUT2D eigenvalue weighted by atomic mass is 10.0. The highest BCUT2D eigenvalue weighted by Crippen LogP contribution is 2.15. The van der Waals surface area contributed by atoms with Gasteiger partial charge in [0.2, 0.25) is 0 Å². The van der Waals surface area contributed by atoms with Crippen molar-refractivity contribution in [2.75, 3.05) is 20.1 Å². The third-order valence-electron chi connectivity index (χ3n) is 3.16. The van der Waals surface area contributed by atoms with Crippen LogP contribution in [-0.2, 0) is 6.42 Å². The van der Waals surface area contributed by atoms with E-state index in [1.54, 1.807) is 7.05 Å². The van der Waals surface area contributed by atoms with E-state index in [0.717, 1.165) is 25.3 Å². The number of nitrogens with one attached hydrogen (secondary N) is 2. The first kappa shape index (κ1) is 16.1. The Morgan fingerprint density at radius 1 is 1.25 bits per heavy atom. The molecule has 0 saturated heterocycles. The van der Waals surface area contributed by atoms with Crippen molar-refractivity contribution in [1.29, 1.82) is 0 Å². The minimum Gasteiger partial charge on any atom is -0.356 e. The van der Waals surface area contributed by atoms with E-state index < -0.39 is 0 Å². The van der Waals surface area contributed by atoms with Crippen LogP contribution in [0.4, 0.5) is 0 Å². The second-order valence-corrected chi connectivity index (χ2v) is 5.06. The first-order valence-electron chi connectivity index (χ1n) is 7.14. The Bertz CT molecular complexity index is 452. The summed E-state index contributed by atoms with van der Waals surface area (Å²) in [6.45, 7) is 5.81. The summed E-state index contributed by atoms with van der Waals surface area (Å²) in [7, 11) is 1.75. The predicted octanol–water partition coefficient (Wildman–Crippen LogP) is 2.54. The Morgan fingerprint density at radius 3 is 2.50 bits per heavy atom. The second kappa shape index (κ2) is 9.03. The average Bonchev–Trinajstić information content (AvgIpc) is 2.47. The lowest BCUT2D eigenvalue weighted by molar-refractivity contribution is 0.753. The molecule has 0 atom stereocenters. The van der Waals surface area contributed by atoms with Crippen LogP contribution >= 0.6 is 0 Å². The number of hydrogen-bond donors (Lipinski definition) is 2. The summed E-state index contributed by atoms with van der Waals surface area (Å²) >= 11 is 0. The lowest BCUT2D eigenvalue weighted by Gasteiger charge is -2.10. The molecule has 0 aliphatic carbocycles. The molecule has 0 aromatic heterocycles. The molecular weight excluding hydrogens is 246 g/mol. The Morgan fingerprint density at radius 2 is 1.95 bits per heavy atom. The van der Waals surface area contributed by atoms with Crippen molar-refractivity contribution in [3.8, 4) is 12.3 Å². The molecule has 20 heavy (non-hydrogen) atoms. The van der Waals surface area contributed by atoms with Gasteiger partial charge in [0.25, 0.3) is 0 Å². The van der Waals surface area contributed by atoms with Crippen molar-refractivity contribution in [3.05, 3.63) is 35.4 Å². The van der Waals surface area contributed by atoms with E-state index in [1.165, 1.54) is 11.1 Å². The Balaban J connectivity index is 2.29. The summed E-state index contributed by atoms with van der Waals surface area (Å²) in [4.78, 5) is 4.10. The zero-order valence-electron chi connectivity index (χ0n) is 12.7. The zero-order valence-corrected chi connectivity index (χ0v) is 12.7. The van der Waals surface area contributed by atoms with Crippen LogP contribution in [0.25, 0.3) is 0 Å². The monoisotopic (exact) mass is 271 g/mol. The number of rotatable bonds is 6. The first-order chi connectivity index (χ1) is 9.67. The fraction of sp³-hybridized carbons (Fsp3) is 0.471. The molecule has 0 aliphatic heterocycles. The Kier molecular flexibility index (Phi) is 7.27. The quantitative estimate of drug-likeness (QED) is 0.361. The van der Waals surface area contributed by atoms with Gasteiger partial charge in [-0.2, -0.15) is 0 Å². The highest BCUT2D eigenvalue weighted by Gasteiger charge is 1.99. The molecule has 3 heteroatoms. The van der Waals surface area contributed by atoms with Crippen molar-refractivity contribution in [2.24, 2.45) is 4.99 Å². The minimum absolute atomic E-state index is 0.496. The molecule has 0 aliphatic rings. The van der Waals surface area contributed by atoms with Crippen LogP contribution in [0.5, 0.6) is 0 Å². The standard InChI is InChI=1S/C17H25N3/c1-5-12-19-17(18-4)20-13-6-7-15-8-10-16(11-9-15)14(2)3/h1,8-11,14H,6-7,12-13H2,2-4H3,(H2,18,19,20). The van der Waals surface area contributed by atoms with Crippen LogP contribution < -0.4 is 10.6 Å². The van der Waals surface area contributed by atoms with Crippen LogP contribution in [0.2, 0.25) is 0 Å². The van der Waals surface area contributed by atoms with Gasteiger partial charge in [0.1, 0.15) is 0 Å². The molecule has 3 nitrogen and oxygen atoms in total. The highest BCUT2D eigenvalue weighted by molar-refractivity contribution is 5.79. The molecule has 0 spiro atoms. The van der Waals surface area contributed by atoms with Gasteiger partial charge in [-0.25, -0.2) is 0 Å².